The summed E-state index contributed by atoms with van der Waals surface area (Å²) in [6.45, 7) is 2.48. The second kappa shape index (κ2) is 7.56. The molecule has 0 atom stereocenters. The second-order valence-electron chi connectivity index (χ2n) is 7.59. The quantitative estimate of drug-likeness (QED) is 0.923. The highest BCUT2D eigenvalue weighted by molar-refractivity contribution is 5.62. The molecule has 1 aliphatic carbocycles. The van der Waals surface area contributed by atoms with E-state index in [1.807, 2.05) is 11.6 Å². The summed E-state index contributed by atoms with van der Waals surface area (Å²) in [7, 11) is 1.98. The highest BCUT2D eigenvalue weighted by atomic mass is 15.2. The van der Waals surface area contributed by atoms with Crippen LogP contribution < -0.4 is 5.32 Å². The minimum absolute atomic E-state index is 0.578. The molecule has 1 aliphatic heterocycles. The fraction of sp³-hybridized carbons (Fsp3) is 0.600. The summed E-state index contributed by atoms with van der Waals surface area (Å²) in [5.74, 6) is 0.913. The van der Waals surface area contributed by atoms with E-state index in [4.69, 9.17) is 0 Å². The first-order valence-electron chi connectivity index (χ1n) is 9.74. The van der Waals surface area contributed by atoms with Gasteiger partial charge in [0.2, 0.25) is 0 Å². The molecular formula is C20H29N5. The maximum Gasteiger partial charge on any atom is 0.163 e. The number of hydrogen-bond donors (Lipinski definition) is 1. The normalized spacial score (nSPS) is 20.7. The van der Waals surface area contributed by atoms with E-state index in [1.165, 1.54) is 63.7 Å². The lowest BCUT2D eigenvalue weighted by atomic mass is 9.92. The first-order valence-corrected chi connectivity index (χ1v) is 9.74. The lowest BCUT2D eigenvalue weighted by Gasteiger charge is -2.39. The summed E-state index contributed by atoms with van der Waals surface area (Å²) in [5, 5.41) is 11.9. The third kappa shape index (κ3) is 3.87. The number of aromatic nitrogens is 3. The molecule has 0 bridgehead atoms. The molecule has 134 valence electrons. The van der Waals surface area contributed by atoms with E-state index in [2.05, 4.69) is 44.7 Å². The third-order valence-corrected chi connectivity index (χ3v) is 5.82. The molecule has 2 fully saturated rings. The third-order valence-electron chi connectivity index (χ3n) is 5.82. The number of hydrogen-bond acceptors (Lipinski definition) is 4. The van der Waals surface area contributed by atoms with Crippen LogP contribution in [0.5, 0.6) is 0 Å². The van der Waals surface area contributed by atoms with E-state index in [0.717, 1.165) is 17.4 Å². The Morgan fingerprint density at radius 2 is 1.84 bits per heavy atom. The van der Waals surface area contributed by atoms with Crippen molar-refractivity contribution in [2.45, 2.75) is 57.0 Å². The topological polar surface area (TPSA) is 46.0 Å². The Morgan fingerprint density at radius 3 is 2.56 bits per heavy atom. The fourth-order valence-electron chi connectivity index (χ4n) is 4.38. The Bertz CT molecular complexity index is 681. The number of piperidine rings is 1. The van der Waals surface area contributed by atoms with E-state index in [1.54, 1.807) is 6.33 Å². The van der Waals surface area contributed by atoms with E-state index in [-0.39, 0.29) is 0 Å². The SMILES string of the molecule is Cn1cnnc1-c1cccc(NC2CCN(C3CCCCC3)CC2)c1. The smallest absolute Gasteiger partial charge is 0.163 e. The molecule has 5 nitrogen and oxygen atoms in total. The molecule has 2 aromatic rings. The van der Waals surface area contributed by atoms with Crippen LogP contribution in [0.1, 0.15) is 44.9 Å². The molecule has 2 heterocycles. The highest BCUT2D eigenvalue weighted by Gasteiger charge is 2.26. The van der Waals surface area contributed by atoms with Crippen molar-refractivity contribution in [2.24, 2.45) is 7.05 Å². The van der Waals surface area contributed by atoms with E-state index in [9.17, 15) is 0 Å². The van der Waals surface area contributed by atoms with Gasteiger partial charge in [0.1, 0.15) is 6.33 Å². The fourth-order valence-corrected chi connectivity index (χ4v) is 4.38. The molecule has 0 spiro atoms. The summed E-state index contributed by atoms with van der Waals surface area (Å²) in [6, 6.07) is 9.98. The number of anilines is 1. The highest BCUT2D eigenvalue weighted by Crippen LogP contribution is 2.27. The summed E-state index contributed by atoms with van der Waals surface area (Å²) in [4.78, 5) is 2.74. The summed E-state index contributed by atoms with van der Waals surface area (Å²) >= 11 is 0. The van der Waals surface area contributed by atoms with Gasteiger partial charge in [0, 0.05) is 43.5 Å². The molecule has 2 aliphatic rings. The monoisotopic (exact) mass is 339 g/mol. The van der Waals surface area contributed by atoms with Gasteiger partial charge in [-0.2, -0.15) is 0 Å². The van der Waals surface area contributed by atoms with Gasteiger partial charge in [-0.25, -0.2) is 0 Å². The van der Waals surface area contributed by atoms with E-state index in [0.29, 0.717) is 6.04 Å². The number of aryl methyl sites for hydroxylation is 1. The molecule has 25 heavy (non-hydrogen) atoms. The molecule has 5 heteroatoms. The predicted molar refractivity (Wildman–Crippen MR) is 102 cm³/mol. The molecule has 1 aromatic carbocycles. The molecular weight excluding hydrogens is 310 g/mol. The lowest BCUT2D eigenvalue weighted by molar-refractivity contribution is 0.126. The Labute approximate surface area is 150 Å². The second-order valence-corrected chi connectivity index (χ2v) is 7.59. The van der Waals surface area contributed by atoms with Crippen LogP contribution in [0.15, 0.2) is 30.6 Å². The number of nitrogens with zero attached hydrogens (tertiary/aromatic N) is 4. The van der Waals surface area contributed by atoms with Crippen LogP contribution in [0.4, 0.5) is 5.69 Å². The largest absolute Gasteiger partial charge is 0.382 e. The summed E-state index contributed by atoms with van der Waals surface area (Å²) in [6.07, 6.45) is 11.4. The lowest BCUT2D eigenvalue weighted by Crippen LogP contribution is -2.45. The van der Waals surface area contributed by atoms with Crippen LogP contribution in [0.25, 0.3) is 11.4 Å². The predicted octanol–water partition coefficient (Wildman–Crippen LogP) is 3.69. The maximum absolute atomic E-state index is 4.21. The minimum Gasteiger partial charge on any atom is -0.382 e. The molecule has 0 amide bonds. The first kappa shape index (κ1) is 16.6. The van der Waals surface area contributed by atoms with Crippen molar-refractivity contribution in [2.75, 3.05) is 18.4 Å². The van der Waals surface area contributed by atoms with Crippen molar-refractivity contribution < 1.29 is 0 Å². The average molecular weight is 339 g/mol. The maximum atomic E-state index is 4.21. The van der Waals surface area contributed by atoms with Crippen molar-refractivity contribution in [1.29, 1.82) is 0 Å². The van der Waals surface area contributed by atoms with Gasteiger partial charge in [-0.05, 0) is 37.8 Å². The Morgan fingerprint density at radius 1 is 1.04 bits per heavy atom. The van der Waals surface area contributed by atoms with Crippen LogP contribution in [0.3, 0.4) is 0 Å². The van der Waals surface area contributed by atoms with Crippen LogP contribution >= 0.6 is 0 Å². The number of rotatable bonds is 4. The molecule has 4 rings (SSSR count). The molecule has 1 N–H and O–H groups in total. The van der Waals surface area contributed by atoms with E-state index < -0.39 is 0 Å². The van der Waals surface area contributed by atoms with Crippen molar-refractivity contribution in [1.82, 2.24) is 19.7 Å². The zero-order chi connectivity index (χ0) is 17.1. The zero-order valence-electron chi connectivity index (χ0n) is 15.2. The van der Waals surface area contributed by atoms with Crippen LogP contribution in [-0.4, -0.2) is 44.8 Å². The molecule has 1 aromatic heterocycles. The number of nitrogens with one attached hydrogen (secondary N) is 1. The van der Waals surface area contributed by atoms with Crippen molar-refractivity contribution >= 4 is 5.69 Å². The molecule has 0 unspecified atom stereocenters. The Hall–Kier alpha value is -1.88. The minimum atomic E-state index is 0.578. The standard InChI is InChI=1S/C20H29N5/c1-24-15-21-23-20(24)16-6-5-7-18(14-16)22-17-10-12-25(13-11-17)19-8-3-2-4-9-19/h5-7,14-15,17,19,22H,2-4,8-13H2,1H3. The van der Waals surface area contributed by atoms with Crippen LogP contribution in [0, 0.1) is 0 Å². The van der Waals surface area contributed by atoms with Gasteiger partial charge >= 0.3 is 0 Å². The van der Waals surface area contributed by atoms with Gasteiger partial charge in [-0.3, -0.25) is 0 Å². The first-order chi connectivity index (χ1) is 12.3. The van der Waals surface area contributed by atoms with Crippen LogP contribution in [-0.2, 0) is 7.05 Å². The average Bonchev–Trinajstić information content (AvgIpc) is 3.09. The van der Waals surface area contributed by atoms with Gasteiger partial charge in [-0.1, -0.05) is 31.4 Å². The van der Waals surface area contributed by atoms with Crippen molar-refractivity contribution in [3.05, 3.63) is 30.6 Å². The van der Waals surface area contributed by atoms with E-state index >= 15 is 0 Å². The number of benzene rings is 1. The van der Waals surface area contributed by atoms with Gasteiger partial charge in [0.25, 0.3) is 0 Å². The van der Waals surface area contributed by atoms with Gasteiger partial charge in [0.05, 0.1) is 0 Å². The summed E-state index contributed by atoms with van der Waals surface area (Å²) < 4.78 is 1.96. The molecule has 1 saturated carbocycles. The van der Waals surface area contributed by atoms with Gasteiger partial charge < -0.3 is 14.8 Å². The van der Waals surface area contributed by atoms with Crippen molar-refractivity contribution in [3.8, 4) is 11.4 Å². The molecule has 1 saturated heterocycles. The summed E-state index contributed by atoms with van der Waals surface area (Å²) in [5.41, 5.74) is 2.31. The molecule has 0 radical (unpaired) electrons. The Balaban J connectivity index is 1.35. The van der Waals surface area contributed by atoms with Crippen LogP contribution in [0.2, 0.25) is 0 Å². The Kier molecular flexibility index (Phi) is 5.02. The van der Waals surface area contributed by atoms with Crippen molar-refractivity contribution in [3.63, 3.8) is 0 Å². The zero-order valence-corrected chi connectivity index (χ0v) is 15.2. The van der Waals surface area contributed by atoms with Gasteiger partial charge in [-0.15, -0.1) is 10.2 Å². The number of likely N-dealkylation sites (tertiary alicyclic amines) is 1. The van der Waals surface area contributed by atoms with Gasteiger partial charge in [0.15, 0.2) is 5.82 Å².